The lowest BCUT2D eigenvalue weighted by Crippen LogP contribution is -2.32. The third kappa shape index (κ3) is 6.07. The number of alkyl halides is 3. The van der Waals surface area contributed by atoms with Gasteiger partial charge in [0.2, 0.25) is 5.95 Å². The molecule has 0 saturated heterocycles. The maximum atomic E-state index is 12.7. The first kappa shape index (κ1) is 25.3. The second-order valence-electron chi connectivity index (χ2n) is 7.82. The molecular formula is C22H21F3N6O4S. The topological polar surface area (TPSA) is 130 Å². The van der Waals surface area contributed by atoms with Crippen molar-refractivity contribution in [2.75, 3.05) is 35.8 Å². The van der Waals surface area contributed by atoms with Crippen LogP contribution < -0.4 is 15.5 Å². The van der Waals surface area contributed by atoms with Gasteiger partial charge < -0.3 is 15.2 Å². The van der Waals surface area contributed by atoms with E-state index in [1.807, 2.05) is 5.32 Å². The van der Waals surface area contributed by atoms with Gasteiger partial charge in [0.25, 0.3) is 0 Å². The average Bonchev–Trinajstić information content (AvgIpc) is 3.59. The molecule has 3 aromatic rings. The molecule has 0 radical (unpaired) electrons. The highest BCUT2D eigenvalue weighted by atomic mass is 32.1. The van der Waals surface area contributed by atoms with Crippen molar-refractivity contribution in [2.45, 2.75) is 24.9 Å². The Bertz CT molecular complexity index is 1250. The normalized spacial score (nSPS) is 13.3. The molecule has 1 aromatic carbocycles. The third-order valence-corrected chi connectivity index (χ3v) is 6.18. The Balaban J connectivity index is 1.53. The Labute approximate surface area is 207 Å². The van der Waals surface area contributed by atoms with E-state index in [2.05, 4.69) is 20.3 Å². The number of methoxy groups -OCH3 is 1. The number of rotatable bonds is 9. The Morgan fingerprint density at radius 1 is 1.19 bits per heavy atom. The number of aromatic nitrogens is 3. The van der Waals surface area contributed by atoms with E-state index in [9.17, 15) is 27.9 Å². The molecule has 2 heterocycles. The number of carbonyl (C=O) groups excluding carboxylic acids is 1. The first-order valence-electron chi connectivity index (χ1n) is 10.7. The predicted octanol–water partition coefficient (Wildman–Crippen LogP) is 4.85. The summed E-state index contributed by atoms with van der Waals surface area (Å²) in [6, 6.07) is 8.20. The van der Waals surface area contributed by atoms with Gasteiger partial charge >= 0.3 is 18.2 Å². The van der Waals surface area contributed by atoms with Gasteiger partial charge in [0.15, 0.2) is 5.13 Å². The van der Waals surface area contributed by atoms with Crippen molar-refractivity contribution in [1.29, 1.82) is 0 Å². The van der Waals surface area contributed by atoms with Gasteiger partial charge in [0.1, 0.15) is 0 Å². The Kier molecular flexibility index (Phi) is 7.35. The smallest absolute Gasteiger partial charge is 0.465 e. The van der Waals surface area contributed by atoms with Crippen molar-refractivity contribution >= 4 is 45.8 Å². The molecule has 0 spiro atoms. The van der Waals surface area contributed by atoms with Crippen molar-refractivity contribution in [2.24, 2.45) is 0 Å². The highest BCUT2D eigenvalue weighted by molar-refractivity contribution is 7.19. The number of halogens is 3. The van der Waals surface area contributed by atoms with E-state index in [1.165, 1.54) is 13.3 Å². The second-order valence-corrected chi connectivity index (χ2v) is 8.82. The number of hydrogen-bond acceptors (Lipinski definition) is 8. The summed E-state index contributed by atoms with van der Waals surface area (Å²) >= 11 is 0.922. The molecule has 1 saturated carbocycles. The van der Waals surface area contributed by atoms with Crippen LogP contribution in [0.1, 0.15) is 24.5 Å². The van der Waals surface area contributed by atoms with Crippen molar-refractivity contribution in [3.05, 3.63) is 42.2 Å². The molecule has 2 aromatic heterocycles. The standard InChI is InChI=1S/C22H21F3N6O4S/c1-35-11-10-31(21(33)34)14-6-4-13(5-7-14)27-19-26-9-8-15(28-19)17-16(12-2-3-12)29-20(36-17)30-18(32)22(23,24)25/h4-9,12H,2-3,10-11H2,1H3,(H,33,34)(H,26,27,28)(H,29,30,32). The molecule has 0 unspecified atom stereocenters. The van der Waals surface area contributed by atoms with Gasteiger partial charge in [-0.15, -0.1) is 0 Å². The van der Waals surface area contributed by atoms with E-state index in [1.54, 1.807) is 30.3 Å². The number of ether oxygens (including phenoxy) is 1. The number of hydrogen-bond donors (Lipinski definition) is 3. The minimum Gasteiger partial charge on any atom is -0.465 e. The number of thiazole rings is 1. The van der Waals surface area contributed by atoms with Crippen LogP contribution in [-0.4, -0.2) is 58.5 Å². The van der Waals surface area contributed by atoms with Crippen molar-refractivity contribution in [3.8, 4) is 10.6 Å². The van der Waals surface area contributed by atoms with Crippen molar-refractivity contribution < 1.29 is 32.6 Å². The molecule has 1 fully saturated rings. The van der Waals surface area contributed by atoms with Gasteiger partial charge in [0.05, 0.1) is 29.4 Å². The SMILES string of the molecule is COCCN(C(=O)O)c1ccc(Nc2nccc(-c3sc(NC(=O)C(F)(F)F)nc3C3CC3)n2)cc1. The minimum absolute atomic E-state index is 0.0991. The lowest BCUT2D eigenvalue weighted by Gasteiger charge is -2.19. The molecule has 36 heavy (non-hydrogen) atoms. The monoisotopic (exact) mass is 522 g/mol. The number of amides is 2. The van der Waals surface area contributed by atoms with E-state index >= 15 is 0 Å². The molecule has 0 atom stereocenters. The summed E-state index contributed by atoms with van der Waals surface area (Å²) in [6.45, 7) is 0.419. The maximum Gasteiger partial charge on any atom is 0.471 e. The molecule has 1 aliphatic rings. The molecule has 0 bridgehead atoms. The highest BCUT2D eigenvalue weighted by Gasteiger charge is 2.40. The van der Waals surface area contributed by atoms with E-state index in [0.29, 0.717) is 27.6 Å². The molecule has 4 rings (SSSR count). The molecule has 3 N–H and O–H groups in total. The largest absolute Gasteiger partial charge is 0.471 e. The molecule has 14 heteroatoms. The second kappa shape index (κ2) is 10.5. The zero-order valence-corrected chi connectivity index (χ0v) is 19.7. The maximum absolute atomic E-state index is 12.7. The number of nitrogens with one attached hydrogen (secondary N) is 2. The van der Waals surface area contributed by atoms with Crippen LogP contribution in [0.5, 0.6) is 0 Å². The third-order valence-electron chi connectivity index (χ3n) is 5.17. The fourth-order valence-corrected chi connectivity index (χ4v) is 4.30. The van der Waals surface area contributed by atoms with Gasteiger partial charge in [-0.3, -0.25) is 15.0 Å². The Morgan fingerprint density at radius 3 is 2.53 bits per heavy atom. The lowest BCUT2D eigenvalue weighted by molar-refractivity contribution is -0.167. The van der Waals surface area contributed by atoms with Crippen LogP contribution in [0, 0.1) is 0 Å². The van der Waals surface area contributed by atoms with Gasteiger partial charge in [-0.1, -0.05) is 11.3 Å². The molecule has 0 aliphatic heterocycles. The van der Waals surface area contributed by atoms with Gasteiger partial charge in [-0.05, 0) is 43.2 Å². The zero-order chi connectivity index (χ0) is 25.9. The van der Waals surface area contributed by atoms with Crippen LogP contribution in [0.4, 0.5) is 40.4 Å². The van der Waals surface area contributed by atoms with Gasteiger partial charge in [0, 0.05) is 30.6 Å². The molecule has 190 valence electrons. The number of carbonyl (C=O) groups is 2. The summed E-state index contributed by atoms with van der Waals surface area (Å²) in [4.78, 5) is 37.4. The lowest BCUT2D eigenvalue weighted by atomic mass is 10.2. The van der Waals surface area contributed by atoms with Gasteiger partial charge in [-0.2, -0.15) is 13.2 Å². The van der Waals surface area contributed by atoms with Crippen LogP contribution >= 0.6 is 11.3 Å². The quantitative estimate of drug-likeness (QED) is 0.364. The Morgan fingerprint density at radius 2 is 1.92 bits per heavy atom. The molecule has 1 aliphatic carbocycles. The van der Waals surface area contributed by atoms with Crippen molar-refractivity contribution in [1.82, 2.24) is 15.0 Å². The van der Waals surface area contributed by atoms with Crippen LogP contribution in [0.25, 0.3) is 10.6 Å². The zero-order valence-electron chi connectivity index (χ0n) is 18.9. The van der Waals surface area contributed by atoms with Crippen LogP contribution in [0.2, 0.25) is 0 Å². The summed E-state index contributed by atoms with van der Waals surface area (Å²) in [5.74, 6) is -1.75. The first-order valence-corrected chi connectivity index (χ1v) is 11.6. The summed E-state index contributed by atoms with van der Waals surface area (Å²) in [5.41, 5.74) is 2.11. The van der Waals surface area contributed by atoms with E-state index in [4.69, 9.17) is 4.74 Å². The number of nitrogens with zero attached hydrogens (tertiary/aromatic N) is 4. The average molecular weight is 523 g/mol. The van der Waals surface area contributed by atoms with Crippen molar-refractivity contribution in [3.63, 3.8) is 0 Å². The molecular weight excluding hydrogens is 501 g/mol. The fraction of sp³-hybridized carbons (Fsp3) is 0.318. The van der Waals surface area contributed by atoms with E-state index in [-0.39, 0.29) is 30.1 Å². The number of carboxylic acid groups (broad SMARTS) is 1. The predicted molar refractivity (Wildman–Crippen MR) is 127 cm³/mol. The Hall–Kier alpha value is -3.78. The van der Waals surface area contributed by atoms with Crippen LogP contribution in [0.15, 0.2) is 36.5 Å². The van der Waals surface area contributed by atoms with Gasteiger partial charge in [-0.25, -0.2) is 19.7 Å². The number of benzene rings is 1. The van der Waals surface area contributed by atoms with Crippen LogP contribution in [-0.2, 0) is 9.53 Å². The van der Waals surface area contributed by atoms with Crippen LogP contribution in [0.3, 0.4) is 0 Å². The first-order chi connectivity index (χ1) is 17.2. The summed E-state index contributed by atoms with van der Waals surface area (Å²) in [7, 11) is 1.49. The number of anilines is 4. The summed E-state index contributed by atoms with van der Waals surface area (Å²) in [6.07, 6.45) is -2.92. The molecule has 2 amide bonds. The minimum atomic E-state index is -5.02. The summed E-state index contributed by atoms with van der Waals surface area (Å²) < 4.78 is 42.9. The highest BCUT2D eigenvalue weighted by Crippen LogP contribution is 2.47. The van der Waals surface area contributed by atoms with E-state index in [0.717, 1.165) is 29.1 Å². The van der Waals surface area contributed by atoms with E-state index < -0.39 is 18.2 Å². The fourth-order valence-electron chi connectivity index (χ4n) is 3.29. The molecule has 10 nitrogen and oxygen atoms in total. The summed E-state index contributed by atoms with van der Waals surface area (Å²) in [5, 5.41) is 14.1.